The number of benzene rings is 3. The number of ether oxygens (including phenoxy) is 1. The topological polar surface area (TPSA) is 186 Å². The number of rotatable bonds is 9. The molecule has 4 aliphatic rings. The van der Waals surface area contributed by atoms with E-state index in [1.54, 1.807) is 6.20 Å². The lowest BCUT2D eigenvalue weighted by Gasteiger charge is -2.31. The zero-order chi connectivity index (χ0) is 41.3. The molecule has 14 heteroatoms. The van der Waals surface area contributed by atoms with E-state index in [-0.39, 0.29) is 47.8 Å². The van der Waals surface area contributed by atoms with Crippen molar-refractivity contribution in [2.24, 2.45) is 23.7 Å². The summed E-state index contributed by atoms with van der Waals surface area (Å²) in [5.41, 5.74) is 5.24. The average molecular weight is 797 g/mol. The number of fused-ring (bicyclic) bond motifs is 5. The van der Waals surface area contributed by atoms with Gasteiger partial charge in [-0.2, -0.15) is 0 Å². The number of carbonyl (C=O) groups is 4. The lowest BCUT2D eigenvalue weighted by atomic mass is 10.0. The predicted octanol–water partition coefficient (Wildman–Crippen LogP) is 6.50. The van der Waals surface area contributed by atoms with Crippen molar-refractivity contribution in [3.63, 3.8) is 0 Å². The maximum atomic E-state index is 13.9. The van der Waals surface area contributed by atoms with Crippen LogP contribution in [0.5, 0.6) is 0 Å². The van der Waals surface area contributed by atoms with Crippen molar-refractivity contribution in [3.05, 3.63) is 83.6 Å². The molecular weight excluding hydrogens is 749 g/mol. The number of nitrogens with one attached hydrogen (secondary N) is 4. The van der Waals surface area contributed by atoms with Gasteiger partial charge < -0.3 is 40.2 Å². The highest BCUT2D eigenvalue weighted by Gasteiger charge is 2.57. The monoisotopic (exact) mass is 796 g/mol. The SMILES string of the molecule is COC(=O)N[C@H](C(=O)N1[C@@H]2C[C@@H]2C[C@H]1c1nc2c(ccc3cc(C#Cc4ccc(-c5cnc([C@@H]6C[C@H]7C[C@H]7N6C(=O)[C@@H](NC(=O)O)C(C)C)[nH]5)cc4)ccc32)[nH]1)C(C)C. The first kappa shape index (κ1) is 38.2. The average Bonchev–Trinajstić information content (AvgIpc) is 3.83. The molecular formula is C45H48N8O6. The van der Waals surface area contributed by atoms with Gasteiger partial charge >= 0.3 is 12.2 Å². The van der Waals surface area contributed by atoms with E-state index >= 15 is 0 Å². The fraction of sp³-hybridized carbons (Fsp3) is 0.422. The van der Waals surface area contributed by atoms with Crippen LogP contribution in [0, 0.1) is 35.5 Å². The van der Waals surface area contributed by atoms with Gasteiger partial charge in [-0.05, 0) is 90.6 Å². The number of amides is 4. The van der Waals surface area contributed by atoms with Crippen LogP contribution in [0.3, 0.4) is 0 Å². The highest BCUT2D eigenvalue weighted by Crippen LogP contribution is 2.54. The van der Waals surface area contributed by atoms with Gasteiger partial charge in [0.25, 0.3) is 0 Å². The number of nitrogens with zero attached hydrogens (tertiary/aromatic N) is 4. The van der Waals surface area contributed by atoms with Crippen LogP contribution in [0.1, 0.15) is 88.2 Å². The van der Waals surface area contributed by atoms with Crippen LogP contribution in [-0.2, 0) is 14.3 Å². The van der Waals surface area contributed by atoms with E-state index in [0.717, 1.165) is 75.7 Å². The number of piperidine rings is 2. The summed E-state index contributed by atoms with van der Waals surface area (Å²) in [7, 11) is 1.30. The second-order valence-electron chi connectivity index (χ2n) is 17.2. The van der Waals surface area contributed by atoms with Gasteiger partial charge in [0.05, 0.1) is 42.1 Å². The Balaban J connectivity index is 0.893. The van der Waals surface area contributed by atoms with E-state index in [1.165, 1.54) is 7.11 Å². The van der Waals surface area contributed by atoms with Crippen molar-refractivity contribution in [1.29, 1.82) is 0 Å². The molecule has 9 rings (SSSR count). The molecule has 4 fully saturated rings. The lowest BCUT2D eigenvalue weighted by Crippen LogP contribution is -2.52. The largest absolute Gasteiger partial charge is 0.465 e. The minimum atomic E-state index is -1.20. The zero-order valence-electron chi connectivity index (χ0n) is 33.7. The predicted molar refractivity (Wildman–Crippen MR) is 220 cm³/mol. The minimum Gasteiger partial charge on any atom is -0.465 e. The Bertz CT molecular complexity index is 2550. The molecule has 0 spiro atoms. The van der Waals surface area contributed by atoms with Crippen molar-refractivity contribution in [3.8, 4) is 23.1 Å². The fourth-order valence-electron chi connectivity index (χ4n) is 9.29. The number of aromatic amines is 2. The zero-order valence-corrected chi connectivity index (χ0v) is 33.7. The van der Waals surface area contributed by atoms with Crippen LogP contribution < -0.4 is 10.6 Å². The number of methoxy groups -OCH3 is 1. The van der Waals surface area contributed by atoms with E-state index in [2.05, 4.69) is 49.6 Å². The third kappa shape index (κ3) is 7.12. The minimum absolute atomic E-state index is 0.106. The number of carbonyl (C=O) groups excluding carboxylic acids is 3. The number of alkyl carbamates (subject to hydrolysis) is 1. The Morgan fingerprint density at radius 2 is 1.39 bits per heavy atom. The van der Waals surface area contributed by atoms with Gasteiger partial charge in [0.1, 0.15) is 23.7 Å². The molecule has 2 aliphatic carbocycles. The van der Waals surface area contributed by atoms with E-state index in [1.807, 2.05) is 80.0 Å². The molecule has 14 nitrogen and oxygen atoms in total. The Hall–Kier alpha value is -6.36. The first-order valence-electron chi connectivity index (χ1n) is 20.5. The van der Waals surface area contributed by atoms with E-state index in [9.17, 15) is 24.3 Å². The number of likely N-dealkylation sites (tertiary alicyclic amines) is 2. The van der Waals surface area contributed by atoms with Crippen LogP contribution in [0.25, 0.3) is 33.1 Å². The van der Waals surface area contributed by atoms with E-state index < -0.39 is 24.3 Å². The highest BCUT2D eigenvalue weighted by atomic mass is 16.5. The van der Waals surface area contributed by atoms with E-state index in [0.29, 0.717) is 17.7 Å². The number of hydrogen-bond acceptors (Lipinski definition) is 7. The molecule has 5 N–H and O–H groups in total. The molecule has 304 valence electrons. The van der Waals surface area contributed by atoms with Crippen LogP contribution in [0.4, 0.5) is 9.59 Å². The van der Waals surface area contributed by atoms with Gasteiger partial charge in [-0.25, -0.2) is 19.6 Å². The summed E-state index contributed by atoms with van der Waals surface area (Å²) in [6.45, 7) is 7.53. The number of aromatic nitrogens is 4. The summed E-state index contributed by atoms with van der Waals surface area (Å²) >= 11 is 0. The molecule has 2 saturated heterocycles. The molecule has 4 amide bonds. The smallest absolute Gasteiger partial charge is 0.407 e. The Morgan fingerprint density at radius 1 is 0.780 bits per heavy atom. The molecule has 4 heterocycles. The van der Waals surface area contributed by atoms with Crippen LogP contribution in [0.2, 0.25) is 0 Å². The van der Waals surface area contributed by atoms with Crippen molar-refractivity contribution < 1.29 is 29.0 Å². The molecule has 5 aromatic rings. The molecule has 0 unspecified atom stereocenters. The maximum Gasteiger partial charge on any atom is 0.407 e. The fourth-order valence-corrected chi connectivity index (χ4v) is 9.29. The third-order valence-corrected chi connectivity index (χ3v) is 12.6. The van der Waals surface area contributed by atoms with Gasteiger partial charge in [-0.1, -0.05) is 63.8 Å². The molecule has 8 atom stereocenters. The molecule has 3 aromatic carbocycles. The Kier molecular flexibility index (Phi) is 9.57. The summed E-state index contributed by atoms with van der Waals surface area (Å²) in [5, 5.41) is 16.5. The summed E-state index contributed by atoms with van der Waals surface area (Å²) in [5.74, 6) is 8.31. The molecule has 0 radical (unpaired) electrons. The molecule has 0 bridgehead atoms. The van der Waals surface area contributed by atoms with Gasteiger partial charge in [0.15, 0.2) is 0 Å². The van der Waals surface area contributed by atoms with Crippen molar-refractivity contribution in [1.82, 2.24) is 40.4 Å². The summed E-state index contributed by atoms with van der Waals surface area (Å²) in [6, 6.07) is 16.5. The van der Waals surface area contributed by atoms with Crippen molar-refractivity contribution >= 4 is 45.8 Å². The summed E-state index contributed by atoms with van der Waals surface area (Å²) in [4.78, 5) is 71.5. The number of H-pyrrole nitrogens is 2. The molecule has 59 heavy (non-hydrogen) atoms. The van der Waals surface area contributed by atoms with Gasteiger partial charge in [0.2, 0.25) is 11.8 Å². The Labute approximate surface area is 341 Å². The number of imidazole rings is 2. The van der Waals surface area contributed by atoms with Gasteiger partial charge in [-0.15, -0.1) is 0 Å². The molecule has 2 aromatic heterocycles. The second kappa shape index (κ2) is 14.8. The van der Waals surface area contributed by atoms with Crippen LogP contribution >= 0.6 is 0 Å². The molecule has 2 saturated carbocycles. The first-order valence-corrected chi connectivity index (χ1v) is 20.5. The normalized spacial score (nSPS) is 23.7. The highest BCUT2D eigenvalue weighted by molar-refractivity contribution is 6.04. The summed E-state index contributed by atoms with van der Waals surface area (Å²) < 4.78 is 4.81. The van der Waals surface area contributed by atoms with Crippen molar-refractivity contribution in [2.75, 3.05) is 7.11 Å². The third-order valence-electron chi connectivity index (χ3n) is 12.6. The Morgan fingerprint density at radius 3 is 2.02 bits per heavy atom. The maximum absolute atomic E-state index is 13.9. The standard InChI is InChI=1S/C45H48N8O6/c1-22(2)37(50-44(56)57)42(54)52-33-17-28(33)19-35(52)40-46-21-32(48-40)26-11-8-24(9-12-26)6-7-25-10-14-30-27(16-25)13-15-31-39(30)49-41(47-31)36-20-29-18-34(29)53(36)43(55)38(23(3)4)51-45(58)59-5/h8-16,21-23,28-29,33-38,50H,17-20H2,1-5H3,(H,46,48)(H,47,49)(H,51,58)(H,56,57)/t28-,29-,33-,34-,35+,36+,37+,38+/m1/s1. The van der Waals surface area contributed by atoms with Crippen LogP contribution in [0.15, 0.2) is 60.8 Å². The lowest BCUT2D eigenvalue weighted by molar-refractivity contribution is -0.137. The number of hydrogen-bond donors (Lipinski definition) is 5. The molecule has 2 aliphatic heterocycles. The van der Waals surface area contributed by atoms with E-state index in [4.69, 9.17) is 9.72 Å². The summed E-state index contributed by atoms with van der Waals surface area (Å²) in [6.07, 6.45) is 3.50. The second-order valence-corrected chi connectivity index (χ2v) is 17.2. The first-order chi connectivity index (χ1) is 28.4. The quantitative estimate of drug-likeness (QED) is 0.105. The van der Waals surface area contributed by atoms with Crippen molar-refractivity contribution in [2.45, 2.75) is 89.6 Å². The van der Waals surface area contributed by atoms with Gasteiger partial charge in [-0.3, -0.25) is 9.59 Å². The number of carboxylic acid groups (broad SMARTS) is 1. The van der Waals surface area contributed by atoms with Crippen LogP contribution in [-0.4, -0.2) is 90.1 Å². The van der Waals surface area contributed by atoms with Gasteiger partial charge in [0, 0.05) is 28.6 Å².